The van der Waals surface area contributed by atoms with Crippen molar-refractivity contribution in [3.05, 3.63) is 23.3 Å². The number of hydrogen-bond donors (Lipinski definition) is 5. The van der Waals surface area contributed by atoms with Crippen molar-refractivity contribution in [3.63, 3.8) is 0 Å². The number of hydrogen-bond acceptors (Lipinski definition) is 7. The number of esters is 1. The monoisotopic (exact) mass is 588 g/mol. The number of rotatable bonds is 3. The predicted octanol–water partition coefficient (Wildman–Crippen LogP) is 4.54. The normalized spacial score (nSPS) is 51.3. The van der Waals surface area contributed by atoms with E-state index in [0.29, 0.717) is 17.9 Å². The molecule has 5 aliphatic carbocycles. The van der Waals surface area contributed by atoms with Crippen LogP contribution >= 0.6 is 0 Å². The number of ether oxygens (including phenoxy) is 1. The van der Waals surface area contributed by atoms with E-state index in [1.807, 2.05) is 13.8 Å². The summed E-state index contributed by atoms with van der Waals surface area (Å²) in [6, 6.07) is 0. The van der Waals surface area contributed by atoms with Crippen molar-refractivity contribution >= 4 is 5.97 Å². The number of allylic oxidation sites excluding steroid dienone is 2. The molecule has 7 nitrogen and oxygen atoms in total. The lowest BCUT2D eigenvalue weighted by Gasteiger charge is -2.73. The molecule has 0 aromatic heterocycles. The van der Waals surface area contributed by atoms with E-state index in [4.69, 9.17) is 4.74 Å². The number of fused-ring (bicyclic) bond motifs is 7. The quantitative estimate of drug-likeness (QED) is 0.186. The van der Waals surface area contributed by atoms with Crippen LogP contribution in [0.15, 0.2) is 23.3 Å². The van der Waals surface area contributed by atoms with E-state index < -0.39 is 59.2 Å². The lowest BCUT2D eigenvalue weighted by Crippen LogP contribution is -2.76. The fourth-order valence-corrected chi connectivity index (χ4v) is 11.5. The van der Waals surface area contributed by atoms with Crippen molar-refractivity contribution in [1.82, 2.24) is 0 Å². The molecule has 0 aromatic rings. The maximum atomic E-state index is 12.9. The molecule has 7 heteroatoms. The second kappa shape index (κ2) is 9.87. The van der Waals surface area contributed by atoms with Gasteiger partial charge in [0.25, 0.3) is 0 Å². The summed E-state index contributed by atoms with van der Waals surface area (Å²) in [7, 11) is 0. The van der Waals surface area contributed by atoms with Crippen LogP contribution in [0.3, 0.4) is 0 Å². The summed E-state index contributed by atoms with van der Waals surface area (Å²) in [6.07, 6.45) is 3.39. The van der Waals surface area contributed by atoms with E-state index in [0.717, 1.165) is 37.7 Å². The maximum Gasteiger partial charge on any atom is 0.333 e. The van der Waals surface area contributed by atoms with Gasteiger partial charge in [0, 0.05) is 16.4 Å². The van der Waals surface area contributed by atoms with Crippen molar-refractivity contribution in [3.8, 4) is 0 Å². The molecule has 5 rings (SSSR count). The minimum atomic E-state index is -1.48. The van der Waals surface area contributed by atoms with Crippen molar-refractivity contribution in [2.45, 2.75) is 131 Å². The smallest absolute Gasteiger partial charge is 0.333 e. The molecule has 0 spiro atoms. The van der Waals surface area contributed by atoms with Gasteiger partial charge in [0.15, 0.2) is 0 Å². The third kappa shape index (κ3) is 3.79. The molecule has 0 saturated heterocycles. The van der Waals surface area contributed by atoms with Crippen molar-refractivity contribution < 1.29 is 35.1 Å². The lowest BCUT2D eigenvalue weighted by molar-refractivity contribution is -0.289. The molecule has 4 saturated carbocycles. The van der Waals surface area contributed by atoms with Gasteiger partial charge < -0.3 is 30.3 Å². The number of aliphatic hydroxyl groups excluding tert-OH is 5. The zero-order valence-corrected chi connectivity index (χ0v) is 27.3. The summed E-state index contributed by atoms with van der Waals surface area (Å²) in [4.78, 5) is 12.9. The summed E-state index contributed by atoms with van der Waals surface area (Å²) in [6.45, 7) is 18.0. The van der Waals surface area contributed by atoms with Crippen molar-refractivity contribution in [1.29, 1.82) is 0 Å². The SMILES string of the molecule is C/C=C(\C)C(=O)O[C@H]1[C@H](O)[C@]2(CO)[C@H](O)[C@H](O)[C@]3(C)C(=CC[C@@H]4[C@@]5(C)CC[C@H](O)C(C)(C)C5CC[C@]43C)[C@@H]2CC1(C)C. The highest BCUT2D eigenvalue weighted by Crippen LogP contribution is 2.75. The van der Waals surface area contributed by atoms with Gasteiger partial charge in [-0.25, -0.2) is 4.79 Å². The summed E-state index contributed by atoms with van der Waals surface area (Å²) in [5.74, 6) is -0.345. The first-order valence-corrected chi connectivity index (χ1v) is 16.2. The van der Waals surface area contributed by atoms with Crippen LogP contribution in [0.25, 0.3) is 0 Å². The molecule has 238 valence electrons. The van der Waals surface area contributed by atoms with Crippen LogP contribution in [0.5, 0.6) is 0 Å². The van der Waals surface area contributed by atoms with E-state index >= 15 is 0 Å². The second-order valence-electron chi connectivity index (χ2n) is 16.7. The van der Waals surface area contributed by atoms with Crippen LogP contribution in [0, 0.1) is 50.2 Å². The Morgan fingerprint density at radius 1 is 0.952 bits per heavy atom. The first-order valence-electron chi connectivity index (χ1n) is 16.2. The van der Waals surface area contributed by atoms with Crippen LogP contribution in [-0.2, 0) is 9.53 Å². The Bertz CT molecular complexity index is 1170. The van der Waals surface area contributed by atoms with Gasteiger partial charge in [0.2, 0.25) is 0 Å². The Morgan fingerprint density at radius 3 is 2.19 bits per heavy atom. The number of carbonyl (C=O) groups is 1. The highest BCUT2D eigenvalue weighted by Gasteiger charge is 2.75. The molecular weight excluding hydrogens is 532 g/mol. The van der Waals surface area contributed by atoms with Gasteiger partial charge in [-0.05, 0) is 86.4 Å². The van der Waals surface area contributed by atoms with E-state index in [1.54, 1.807) is 19.9 Å². The fourth-order valence-electron chi connectivity index (χ4n) is 11.5. The number of carbonyl (C=O) groups excluding carboxylic acids is 1. The average molecular weight is 589 g/mol. The largest absolute Gasteiger partial charge is 0.456 e. The van der Waals surface area contributed by atoms with E-state index in [2.05, 4.69) is 40.7 Å². The van der Waals surface area contributed by atoms with Gasteiger partial charge in [-0.1, -0.05) is 66.2 Å². The minimum absolute atomic E-state index is 0.0355. The fraction of sp³-hybridized carbons (Fsp3) is 0.857. The molecule has 1 unspecified atom stereocenters. The summed E-state index contributed by atoms with van der Waals surface area (Å²) in [5.41, 5.74) is -2.05. The molecule has 0 aromatic carbocycles. The van der Waals surface area contributed by atoms with Gasteiger partial charge in [-0.3, -0.25) is 0 Å². The molecule has 5 N–H and O–H groups in total. The first-order chi connectivity index (χ1) is 19.3. The lowest BCUT2D eigenvalue weighted by atomic mass is 9.32. The third-order valence-corrected chi connectivity index (χ3v) is 14.5. The highest BCUT2D eigenvalue weighted by atomic mass is 16.6. The first kappa shape index (κ1) is 32.2. The van der Waals surface area contributed by atoms with Gasteiger partial charge in [-0.2, -0.15) is 0 Å². The minimum Gasteiger partial charge on any atom is -0.456 e. The second-order valence-corrected chi connectivity index (χ2v) is 16.7. The molecule has 0 bridgehead atoms. The van der Waals surface area contributed by atoms with Crippen molar-refractivity contribution in [2.75, 3.05) is 6.61 Å². The Hall–Kier alpha value is -1.25. The molecule has 5 aliphatic rings. The van der Waals surface area contributed by atoms with Gasteiger partial charge >= 0.3 is 5.97 Å². The van der Waals surface area contributed by atoms with Gasteiger partial charge in [0.05, 0.1) is 30.3 Å². The molecule has 42 heavy (non-hydrogen) atoms. The van der Waals surface area contributed by atoms with Crippen LogP contribution in [0.4, 0.5) is 0 Å². The molecule has 4 fully saturated rings. The molecule has 0 amide bonds. The Kier molecular flexibility index (Phi) is 7.56. The van der Waals surface area contributed by atoms with Crippen LogP contribution in [0.2, 0.25) is 0 Å². The average Bonchev–Trinajstić information content (AvgIpc) is 2.92. The van der Waals surface area contributed by atoms with Crippen LogP contribution in [-0.4, -0.2) is 68.6 Å². The third-order valence-electron chi connectivity index (χ3n) is 14.5. The number of aliphatic hydroxyl groups is 5. The summed E-state index contributed by atoms with van der Waals surface area (Å²) >= 11 is 0. The van der Waals surface area contributed by atoms with Gasteiger partial charge in [0.1, 0.15) is 12.2 Å². The predicted molar refractivity (Wildman–Crippen MR) is 161 cm³/mol. The summed E-state index contributed by atoms with van der Waals surface area (Å²) < 4.78 is 5.90. The van der Waals surface area contributed by atoms with Gasteiger partial charge in [-0.15, -0.1) is 0 Å². The Morgan fingerprint density at radius 2 is 1.60 bits per heavy atom. The topological polar surface area (TPSA) is 127 Å². The molecule has 0 aliphatic heterocycles. The molecule has 0 heterocycles. The molecular formula is C35H56O7. The molecule has 12 atom stereocenters. The van der Waals surface area contributed by atoms with Crippen LogP contribution in [0.1, 0.15) is 101 Å². The maximum absolute atomic E-state index is 12.9. The van der Waals surface area contributed by atoms with E-state index in [-0.39, 0.29) is 28.3 Å². The Balaban J connectivity index is 1.62. The zero-order valence-electron chi connectivity index (χ0n) is 27.3. The molecule has 0 radical (unpaired) electrons. The van der Waals surface area contributed by atoms with E-state index in [1.165, 1.54) is 0 Å². The zero-order chi connectivity index (χ0) is 31.4. The van der Waals surface area contributed by atoms with Crippen molar-refractivity contribution in [2.24, 2.45) is 50.2 Å². The standard InChI is InChI=1S/C35H56O7/c1-10-19(2)29(41)42-28-27(40)35(18-36)21(17-30(28,3)4)20-11-12-23-32(7)15-14-24(37)31(5,6)22(32)13-16-33(23,8)34(20,9)25(38)26(35)39/h10-11,21-28,36-40H,12-18H2,1-9H3/b19-10+/t21-,22?,23+,24-,25-,26+,27-,28-,32-,33+,34-,35-/m0/s1. The summed E-state index contributed by atoms with van der Waals surface area (Å²) in [5, 5.41) is 58.4. The Labute approximate surface area is 252 Å². The highest BCUT2D eigenvalue weighted by molar-refractivity contribution is 5.87. The van der Waals surface area contributed by atoms with Crippen LogP contribution < -0.4 is 0 Å². The van der Waals surface area contributed by atoms with E-state index in [9.17, 15) is 30.3 Å².